The van der Waals surface area contributed by atoms with Crippen LogP contribution in [-0.2, 0) is 0 Å². The van der Waals surface area contributed by atoms with Crippen LogP contribution in [0.15, 0.2) is 54.9 Å². The van der Waals surface area contributed by atoms with Gasteiger partial charge in [-0.3, -0.25) is 10.1 Å². The largest absolute Gasteiger partial charge is 0.324 e. The van der Waals surface area contributed by atoms with E-state index in [1.807, 2.05) is 12.1 Å². The normalized spacial score (nSPS) is 15.8. The molecule has 0 unspecified atom stereocenters. The number of aromatic nitrogens is 3. The van der Waals surface area contributed by atoms with Gasteiger partial charge in [-0.15, -0.1) is 0 Å². The van der Waals surface area contributed by atoms with E-state index in [9.17, 15) is 10.1 Å². The lowest BCUT2D eigenvalue weighted by Crippen LogP contribution is -2.20. The molecule has 0 amide bonds. The molecule has 26 heavy (non-hydrogen) atoms. The van der Waals surface area contributed by atoms with Crippen LogP contribution >= 0.6 is 0 Å². The fraction of sp³-hybridized carbons (Fsp3) is 0.158. The number of anilines is 1. The van der Waals surface area contributed by atoms with Crippen LogP contribution in [0.3, 0.4) is 0 Å². The van der Waals surface area contributed by atoms with Crippen LogP contribution in [0.2, 0.25) is 0 Å². The zero-order valence-electron chi connectivity index (χ0n) is 14.4. The number of nitro groups is 1. The summed E-state index contributed by atoms with van der Waals surface area (Å²) in [6.45, 7) is 4.15. The first-order chi connectivity index (χ1) is 12.5. The van der Waals surface area contributed by atoms with Gasteiger partial charge in [0.1, 0.15) is 12.4 Å². The number of aryl methyl sites for hydroxylation is 2. The predicted octanol–water partition coefficient (Wildman–Crippen LogP) is 3.86. The van der Waals surface area contributed by atoms with Gasteiger partial charge in [0, 0.05) is 17.8 Å². The first-order valence-electron chi connectivity index (χ1n) is 8.23. The van der Waals surface area contributed by atoms with Crippen LogP contribution in [0.5, 0.6) is 0 Å². The summed E-state index contributed by atoms with van der Waals surface area (Å²) in [6.07, 6.45) is 3.49. The van der Waals surface area contributed by atoms with Gasteiger partial charge >= 0.3 is 0 Å². The van der Waals surface area contributed by atoms with Crippen LogP contribution in [-0.4, -0.2) is 19.7 Å². The van der Waals surface area contributed by atoms with Crippen molar-refractivity contribution in [2.75, 3.05) is 5.32 Å². The summed E-state index contributed by atoms with van der Waals surface area (Å²) in [5.41, 5.74) is 5.22. The fourth-order valence-electron chi connectivity index (χ4n) is 3.07. The third-order valence-corrected chi connectivity index (χ3v) is 4.65. The molecule has 7 nitrogen and oxygen atoms in total. The summed E-state index contributed by atoms with van der Waals surface area (Å²) in [5, 5.41) is 18.7. The number of fused-ring (bicyclic) bond motifs is 1. The molecule has 0 radical (unpaired) electrons. The number of hydrogen-bond donors (Lipinski definition) is 1. The Morgan fingerprint density at radius 1 is 1.15 bits per heavy atom. The smallest absolute Gasteiger partial charge is 0.269 e. The molecule has 1 atom stereocenters. The Labute approximate surface area is 150 Å². The van der Waals surface area contributed by atoms with E-state index in [0.717, 1.165) is 16.8 Å². The summed E-state index contributed by atoms with van der Waals surface area (Å²) >= 11 is 0. The molecule has 0 spiro atoms. The number of nitrogens with zero attached hydrogens (tertiary/aromatic N) is 4. The standard InChI is InChI=1S/C19H17N5O2/c1-12-6-7-14(8-13(12)2)17-10-18(23-19(22-17)20-11-21-23)15-4-3-5-16(9-15)24(25)26/h3-11,18H,1-2H3,(H,20,21,22)/t18-/m0/s1. The minimum absolute atomic E-state index is 0.0591. The summed E-state index contributed by atoms with van der Waals surface area (Å²) < 4.78 is 1.73. The van der Waals surface area contributed by atoms with Gasteiger partial charge in [-0.1, -0.05) is 24.3 Å². The van der Waals surface area contributed by atoms with Gasteiger partial charge in [-0.05, 0) is 48.2 Å². The third-order valence-electron chi connectivity index (χ3n) is 4.65. The summed E-state index contributed by atoms with van der Waals surface area (Å²) in [4.78, 5) is 15.0. The molecule has 1 aliphatic heterocycles. The average molecular weight is 347 g/mol. The van der Waals surface area contributed by atoms with Crippen molar-refractivity contribution < 1.29 is 4.92 Å². The van der Waals surface area contributed by atoms with Gasteiger partial charge in [0.25, 0.3) is 5.69 Å². The number of nitro benzene ring substituents is 1. The van der Waals surface area contributed by atoms with E-state index >= 15 is 0 Å². The van der Waals surface area contributed by atoms with E-state index in [4.69, 9.17) is 0 Å². The second kappa shape index (κ2) is 6.11. The lowest BCUT2D eigenvalue weighted by Gasteiger charge is -2.24. The molecule has 0 bridgehead atoms. The molecule has 0 saturated carbocycles. The van der Waals surface area contributed by atoms with Crippen molar-refractivity contribution in [2.24, 2.45) is 0 Å². The Morgan fingerprint density at radius 3 is 2.77 bits per heavy atom. The lowest BCUT2D eigenvalue weighted by molar-refractivity contribution is -0.384. The van der Waals surface area contributed by atoms with Crippen LogP contribution in [0.4, 0.5) is 11.6 Å². The van der Waals surface area contributed by atoms with E-state index in [-0.39, 0.29) is 16.7 Å². The number of benzene rings is 2. The highest BCUT2D eigenvalue weighted by molar-refractivity contribution is 5.77. The van der Waals surface area contributed by atoms with Crippen molar-refractivity contribution in [3.05, 3.63) is 87.2 Å². The highest BCUT2D eigenvalue weighted by Crippen LogP contribution is 2.33. The zero-order valence-corrected chi connectivity index (χ0v) is 14.4. The number of allylic oxidation sites excluding steroid dienone is 1. The minimum atomic E-state index is -0.388. The molecule has 1 aliphatic rings. The second-order valence-electron chi connectivity index (χ2n) is 6.33. The maximum atomic E-state index is 11.1. The van der Waals surface area contributed by atoms with Gasteiger partial charge < -0.3 is 5.32 Å². The van der Waals surface area contributed by atoms with Gasteiger partial charge in [-0.25, -0.2) is 4.68 Å². The Balaban J connectivity index is 1.82. The van der Waals surface area contributed by atoms with Crippen molar-refractivity contribution in [3.8, 4) is 0 Å². The van der Waals surface area contributed by atoms with Gasteiger partial charge in [0.15, 0.2) is 0 Å². The van der Waals surface area contributed by atoms with Crippen molar-refractivity contribution >= 4 is 17.3 Å². The Morgan fingerprint density at radius 2 is 2.00 bits per heavy atom. The number of non-ortho nitro benzene ring substituents is 1. The van der Waals surface area contributed by atoms with Crippen molar-refractivity contribution in [1.82, 2.24) is 14.8 Å². The second-order valence-corrected chi connectivity index (χ2v) is 6.33. The first-order valence-corrected chi connectivity index (χ1v) is 8.23. The molecule has 0 saturated heterocycles. The molecule has 2 aromatic carbocycles. The van der Waals surface area contributed by atoms with E-state index < -0.39 is 0 Å². The van der Waals surface area contributed by atoms with E-state index in [1.54, 1.807) is 16.8 Å². The van der Waals surface area contributed by atoms with Crippen LogP contribution < -0.4 is 5.32 Å². The van der Waals surface area contributed by atoms with Crippen LogP contribution in [0.1, 0.15) is 28.3 Å². The molecular weight excluding hydrogens is 330 g/mol. The Hall–Kier alpha value is -3.48. The topological polar surface area (TPSA) is 85.9 Å². The van der Waals surface area contributed by atoms with Crippen molar-refractivity contribution in [2.45, 2.75) is 19.9 Å². The highest BCUT2D eigenvalue weighted by atomic mass is 16.6. The SMILES string of the molecule is Cc1ccc(C2=C[C@@H](c3cccc([N+](=O)[O-])c3)n3ncnc3N2)cc1C. The third kappa shape index (κ3) is 2.73. The molecule has 0 fully saturated rings. The number of nitrogens with one attached hydrogen (secondary N) is 1. The first kappa shape index (κ1) is 16.0. The summed E-state index contributed by atoms with van der Waals surface area (Å²) in [6, 6.07) is 12.6. The molecule has 1 aromatic heterocycles. The predicted molar refractivity (Wildman–Crippen MR) is 98.8 cm³/mol. The monoisotopic (exact) mass is 347 g/mol. The molecular formula is C19H17N5O2. The molecule has 7 heteroatoms. The van der Waals surface area contributed by atoms with Gasteiger partial charge in [-0.2, -0.15) is 10.1 Å². The summed E-state index contributed by atoms with van der Waals surface area (Å²) in [7, 11) is 0. The molecule has 4 rings (SSSR count). The number of hydrogen-bond acceptors (Lipinski definition) is 5. The van der Waals surface area contributed by atoms with E-state index in [2.05, 4.69) is 47.4 Å². The molecule has 1 N–H and O–H groups in total. The zero-order chi connectivity index (χ0) is 18.3. The quantitative estimate of drug-likeness (QED) is 0.574. The highest BCUT2D eigenvalue weighted by Gasteiger charge is 2.24. The molecule has 130 valence electrons. The van der Waals surface area contributed by atoms with Gasteiger partial charge in [0.05, 0.1) is 4.92 Å². The van der Waals surface area contributed by atoms with E-state index in [0.29, 0.717) is 5.95 Å². The lowest BCUT2D eigenvalue weighted by atomic mass is 9.99. The maximum absolute atomic E-state index is 11.1. The molecule has 2 heterocycles. The minimum Gasteiger partial charge on any atom is -0.324 e. The molecule has 0 aliphatic carbocycles. The van der Waals surface area contributed by atoms with Crippen LogP contribution in [0, 0.1) is 24.0 Å². The van der Waals surface area contributed by atoms with Crippen molar-refractivity contribution in [3.63, 3.8) is 0 Å². The van der Waals surface area contributed by atoms with Crippen LogP contribution in [0.25, 0.3) is 5.70 Å². The Kier molecular flexibility index (Phi) is 3.76. The van der Waals surface area contributed by atoms with Gasteiger partial charge in [0.2, 0.25) is 5.95 Å². The van der Waals surface area contributed by atoms with E-state index in [1.165, 1.54) is 23.5 Å². The Bertz CT molecular complexity index is 1040. The number of rotatable bonds is 3. The fourth-order valence-corrected chi connectivity index (χ4v) is 3.07. The summed E-state index contributed by atoms with van der Waals surface area (Å²) in [5.74, 6) is 0.609. The van der Waals surface area contributed by atoms with Crippen molar-refractivity contribution in [1.29, 1.82) is 0 Å². The molecule has 3 aromatic rings. The average Bonchev–Trinajstić information content (AvgIpc) is 3.12. The maximum Gasteiger partial charge on any atom is 0.269 e.